The fourth-order valence-corrected chi connectivity index (χ4v) is 2.02. The average molecular weight is 250 g/mol. The van der Waals surface area contributed by atoms with Crippen LogP contribution >= 0.6 is 11.6 Å². The van der Waals surface area contributed by atoms with E-state index in [1.807, 2.05) is 0 Å². The zero-order chi connectivity index (χ0) is 11.3. The van der Waals surface area contributed by atoms with Gasteiger partial charge in [-0.3, -0.25) is 0 Å². The van der Waals surface area contributed by atoms with Crippen LogP contribution in [-0.2, 0) is 16.6 Å². The summed E-state index contributed by atoms with van der Waals surface area (Å²) in [5.41, 5.74) is 0.781. The molecular weight excluding hydrogens is 238 g/mol. The molecular formula is C9H12ClNO3S. The van der Waals surface area contributed by atoms with Crippen LogP contribution in [0.2, 0.25) is 5.02 Å². The molecule has 0 bridgehead atoms. The van der Waals surface area contributed by atoms with Crippen molar-refractivity contribution in [3.05, 3.63) is 34.9 Å². The first-order valence-corrected chi connectivity index (χ1v) is 6.39. The van der Waals surface area contributed by atoms with E-state index < -0.39 is 10.0 Å². The van der Waals surface area contributed by atoms with Crippen molar-refractivity contribution >= 4 is 21.6 Å². The lowest BCUT2D eigenvalue weighted by molar-refractivity contribution is 0.319. The fourth-order valence-electron chi connectivity index (χ4n) is 1.03. The van der Waals surface area contributed by atoms with Gasteiger partial charge in [-0.05, 0) is 17.7 Å². The first-order valence-electron chi connectivity index (χ1n) is 4.36. The second kappa shape index (κ2) is 5.46. The van der Waals surface area contributed by atoms with E-state index in [-0.39, 0.29) is 18.9 Å². The summed E-state index contributed by atoms with van der Waals surface area (Å²) in [6.45, 7) is -0.201. The van der Waals surface area contributed by atoms with Gasteiger partial charge in [-0.15, -0.1) is 0 Å². The average Bonchev–Trinajstić information content (AvgIpc) is 2.15. The minimum absolute atomic E-state index is 0.183. The molecule has 2 N–H and O–H groups in total. The molecule has 0 fully saturated rings. The highest BCUT2D eigenvalue weighted by atomic mass is 35.5. The first-order chi connectivity index (χ1) is 7.03. The number of hydrogen-bond donors (Lipinski definition) is 2. The van der Waals surface area contributed by atoms with Gasteiger partial charge in [0.2, 0.25) is 10.0 Å². The third-order valence-electron chi connectivity index (χ3n) is 1.75. The van der Waals surface area contributed by atoms with Crippen LogP contribution in [0.3, 0.4) is 0 Å². The van der Waals surface area contributed by atoms with E-state index in [0.717, 1.165) is 5.56 Å². The third kappa shape index (κ3) is 4.61. The van der Waals surface area contributed by atoms with E-state index in [1.54, 1.807) is 24.3 Å². The lowest BCUT2D eigenvalue weighted by Gasteiger charge is -2.05. The van der Waals surface area contributed by atoms with Crippen molar-refractivity contribution in [2.24, 2.45) is 0 Å². The number of aliphatic hydroxyl groups excluding tert-OH is 1. The summed E-state index contributed by atoms with van der Waals surface area (Å²) in [5, 5.41) is 9.07. The maximum absolute atomic E-state index is 11.2. The van der Waals surface area contributed by atoms with Gasteiger partial charge >= 0.3 is 0 Å². The monoisotopic (exact) mass is 249 g/mol. The summed E-state index contributed by atoms with van der Waals surface area (Å²) in [6, 6.07) is 6.92. The highest BCUT2D eigenvalue weighted by Crippen LogP contribution is 2.10. The van der Waals surface area contributed by atoms with Gasteiger partial charge in [-0.2, -0.15) is 0 Å². The Bertz CT molecular complexity index is 419. The van der Waals surface area contributed by atoms with E-state index in [9.17, 15) is 8.42 Å². The lowest BCUT2D eigenvalue weighted by Crippen LogP contribution is -2.27. The number of halogens is 1. The zero-order valence-corrected chi connectivity index (χ0v) is 9.55. The van der Waals surface area contributed by atoms with Gasteiger partial charge in [0, 0.05) is 11.6 Å². The Morgan fingerprint density at radius 3 is 2.73 bits per heavy atom. The molecule has 0 aliphatic rings. The van der Waals surface area contributed by atoms with Crippen LogP contribution < -0.4 is 4.72 Å². The SMILES string of the molecule is O=S(=O)(CCO)NCc1cccc(Cl)c1. The molecule has 1 rings (SSSR count). The Balaban J connectivity index is 2.58. The van der Waals surface area contributed by atoms with Crippen LogP contribution in [0.5, 0.6) is 0 Å². The largest absolute Gasteiger partial charge is 0.395 e. The van der Waals surface area contributed by atoms with Crippen molar-refractivity contribution in [1.29, 1.82) is 0 Å². The Labute approximate surface area is 93.9 Å². The zero-order valence-electron chi connectivity index (χ0n) is 7.98. The maximum Gasteiger partial charge on any atom is 0.214 e. The van der Waals surface area contributed by atoms with Gasteiger partial charge in [0.15, 0.2) is 0 Å². The predicted molar refractivity (Wildman–Crippen MR) is 59.2 cm³/mol. The van der Waals surface area contributed by atoms with E-state index >= 15 is 0 Å². The number of aliphatic hydroxyl groups is 1. The number of benzene rings is 1. The Morgan fingerprint density at radius 2 is 2.13 bits per heavy atom. The second-order valence-electron chi connectivity index (χ2n) is 2.99. The van der Waals surface area contributed by atoms with Crippen molar-refractivity contribution in [1.82, 2.24) is 4.72 Å². The molecule has 0 aliphatic heterocycles. The Kier molecular flexibility index (Phi) is 4.53. The van der Waals surface area contributed by atoms with Gasteiger partial charge < -0.3 is 5.11 Å². The topological polar surface area (TPSA) is 66.4 Å². The molecule has 0 spiro atoms. The van der Waals surface area contributed by atoms with Crippen molar-refractivity contribution < 1.29 is 13.5 Å². The van der Waals surface area contributed by atoms with Crippen LogP contribution in [0, 0.1) is 0 Å². The minimum Gasteiger partial charge on any atom is -0.395 e. The van der Waals surface area contributed by atoms with Gasteiger partial charge in [-0.1, -0.05) is 23.7 Å². The molecule has 0 unspecified atom stereocenters. The van der Waals surface area contributed by atoms with Gasteiger partial charge in [0.1, 0.15) is 0 Å². The maximum atomic E-state index is 11.2. The normalized spacial score (nSPS) is 11.6. The molecule has 4 nitrogen and oxygen atoms in total. The lowest BCUT2D eigenvalue weighted by atomic mass is 10.2. The summed E-state index contributed by atoms with van der Waals surface area (Å²) in [6.07, 6.45) is 0. The predicted octanol–water partition coefficient (Wildman–Crippen LogP) is 0.752. The summed E-state index contributed by atoms with van der Waals surface area (Å²) in [5.74, 6) is -0.284. The van der Waals surface area contributed by atoms with Gasteiger partial charge in [-0.25, -0.2) is 13.1 Å². The molecule has 0 atom stereocenters. The van der Waals surface area contributed by atoms with Crippen LogP contribution in [-0.4, -0.2) is 25.9 Å². The summed E-state index contributed by atoms with van der Waals surface area (Å²) < 4.78 is 24.7. The van der Waals surface area contributed by atoms with Crippen molar-refractivity contribution in [3.63, 3.8) is 0 Å². The van der Waals surface area contributed by atoms with Crippen molar-refractivity contribution in [3.8, 4) is 0 Å². The van der Waals surface area contributed by atoms with Crippen molar-refractivity contribution in [2.75, 3.05) is 12.4 Å². The summed E-state index contributed by atoms with van der Waals surface area (Å²) in [4.78, 5) is 0. The van der Waals surface area contributed by atoms with E-state index in [2.05, 4.69) is 4.72 Å². The third-order valence-corrected chi connectivity index (χ3v) is 3.28. The molecule has 0 radical (unpaired) electrons. The minimum atomic E-state index is -3.39. The molecule has 6 heteroatoms. The van der Waals surface area contributed by atoms with Gasteiger partial charge in [0.05, 0.1) is 12.4 Å². The van der Waals surface area contributed by atoms with Crippen molar-refractivity contribution in [2.45, 2.75) is 6.54 Å². The van der Waals surface area contributed by atoms with Crippen LogP contribution in [0.15, 0.2) is 24.3 Å². The highest BCUT2D eigenvalue weighted by molar-refractivity contribution is 7.89. The second-order valence-corrected chi connectivity index (χ2v) is 5.36. The Morgan fingerprint density at radius 1 is 1.40 bits per heavy atom. The molecule has 0 aliphatic carbocycles. The fraction of sp³-hybridized carbons (Fsp3) is 0.333. The number of rotatable bonds is 5. The number of hydrogen-bond acceptors (Lipinski definition) is 3. The molecule has 0 heterocycles. The van der Waals surface area contributed by atoms with Crippen LogP contribution in [0.25, 0.3) is 0 Å². The van der Waals surface area contributed by atoms with E-state index in [4.69, 9.17) is 16.7 Å². The standard InChI is InChI=1S/C9H12ClNO3S/c10-9-3-1-2-8(6-9)7-11-15(13,14)5-4-12/h1-3,6,11-12H,4-5,7H2. The first kappa shape index (κ1) is 12.4. The Hall–Kier alpha value is -0.620. The van der Waals surface area contributed by atoms with E-state index in [0.29, 0.717) is 5.02 Å². The summed E-state index contributed by atoms with van der Waals surface area (Å²) in [7, 11) is -3.39. The highest BCUT2D eigenvalue weighted by Gasteiger charge is 2.08. The smallest absolute Gasteiger partial charge is 0.214 e. The number of nitrogens with one attached hydrogen (secondary N) is 1. The van der Waals surface area contributed by atoms with Crippen LogP contribution in [0.4, 0.5) is 0 Å². The molecule has 0 saturated heterocycles. The summed E-state index contributed by atoms with van der Waals surface area (Å²) >= 11 is 5.74. The van der Waals surface area contributed by atoms with Gasteiger partial charge in [0.25, 0.3) is 0 Å². The quantitative estimate of drug-likeness (QED) is 0.809. The van der Waals surface area contributed by atoms with Crippen LogP contribution in [0.1, 0.15) is 5.56 Å². The molecule has 1 aromatic carbocycles. The molecule has 0 amide bonds. The number of sulfonamides is 1. The van der Waals surface area contributed by atoms with E-state index in [1.165, 1.54) is 0 Å². The molecule has 0 saturated carbocycles. The molecule has 1 aromatic rings. The molecule has 15 heavy (non-hydrogen) atoms. The molecule has 0 aromatic heterocycles. The molecule has 84 valence electrons.